The number of carbonyl (C=O) groups excluding carboxylic acids is 1. The van der Waals surface area contributed by atoms with Crippen LogP contribution in [0.5, 0.6) is 0 Å². The number of aromatic nitrogens is 3. The van der Waals surface area contributed by atoms with Gasteiger partial charge in [-0.15, -0.1) is 5.10 Å². The number of hydrogen-bond acceptors (Lipinski definition) is 6. The summed E-state index contributed by atoms with van der Waals surface area (Å²) in [6.07, 6.45) is 0.745. The highest BCUT2D eigenvalue weighted by Crippen LogP contribution is 2.21. The highest BCUT2D eigenvalue weighted by molar-refractivity contribution is 8.00. The normalized spacial score (nSPS) is 13.0. The highest BCUT2D eigenvalue weighted by atomic mass is 32.2. The second-order valence-corrected chi connectivity index (χ2v) is 8.99. The molecule has 0 bridgehead atoms. The SMILES string of the molecule is CCc1nc(S[C@@H](C)C(=O)Nc2ccc(S(=O)(=O)NC(C)C)cc2)n[nH]1. The van der Waals surface area contributed by atoms with E-state index in [0.29, 0.717) is 10.8 Å². The molecule has 10 heteroatoms. The Balaban J connectivity index is 1.98. The van der Waals surface area contributed by atoms with E-state index in [1.54, 1.807) is 32.9 Å². The van der Waals surface area contributed by atoms with Crippen LogP contribution in [0, 0.1) is 0 Å². The Morgan fingerprint density at radius 2 is 1.88 bits per heavy atom. The lowest BCUT2D eigenvalue weighted by atomic mass is 10.3. The summed E-state index contributed by atoms with van der Waals surface area (Å²) in [7, 11) is -3.55. The van der Waals surface area contributed by atoms with Gasteiger partial charge in [-0.3, -0.25) is 9.89 Å². The molecule has 0 aliphatic rings. The second-order valence-electron chi connectivity index (χ2n) is 5.97. The van der Waals surface area contributed by atoms with E-state index in [4.69, 9.17) is 0 Å². The van der Waals surface area contributed by atoms with Crippen molar-refractivity contribution in [1.82, 2.24) is 19.9 Å². The molecule has 0 saturated carbocycles. The molecule has 1 amide bonds. The predicted octanol–water partition coefficient (Wildman–Crippen LogP) is 2.17. The first-order chi connectivity index (χ1) is 12.2. The number of amides is 1. The van der Waals surface area contributed by atoms with Crippen molar-refractivity contribution in [1.29, 1.82) is 0 Å². The van der Waals surface area contributed by atoms with E-state index in [9.17, 15) is 13.2 Å². The van der Waals surface area contributed by atoms with E-state index >= 15 is 0 Å². The molecule has 2 rings (SSSR count). The number of thioether (sulfide) groups is 1. The van der Waals surface area contributed by atoms with Gasteiger partial charge in [-0.25, -0.2) is 18.1 Å². The molecule has 2 aromatic rings. The Hall–Kier alpha value is -1.91. The molecule has 1 atom stereocenters. The minimum atomic E-state index is -3.55. The van der Waals surface area contributed by atoms with Crippen LogP contribution >= 0.6 is 11.8 Å². The maximum Gasteiger partial charge on any atom is 0.240 e. The average Bonchev–Trinajstić information content (AvgIpc) is 3.01. The van der Waals surface area contributed by atoms with Crippen LogP contribution in [-0.4, -0.2) is 40.8 Å². The minimum absolute atomic E-state index is 0.152. The summed E-state index contributed by atoms with van der Waals surface area (Å²) >= 11 is 1.25. The Morgan fingerprint density at radius 3 is 2.42 bits per heavy atom. The standard InChI is InChI=1S/C16H23N5O3S2/c1-5-14-18-16(20-19-14)25-11(4)15(22)17-12-6-8-13(9-7-12)26(23,24)21-10(2)3/h6-11,21H,5H2,1-4H3,(H,17,22)(H,18,19,20)/t11-/m0/s1. The summed E-state index contributed by atoms with van der Waals surface area (Å²) in [5.74, 6) is 0.556. The van der Waals surface area contributed by atoms with E-state index in [0.717, 1.165) is 12.2 Å². The maximum atomic E-state index is 12.3. The van der Waals surface area contributed by atoms with E-state index < -0.39 is 15.3 Å². The van der Waals surface area contributed by atoms with Gasteiger partial charge in [0.2, 0.25) is 21.1 Å². The van der Waals surface area contributed by atoms with Gasteiger partial charge in [-0.2, -0.15) is 0 Å². The molecular weight excluding hydrogens is 374 g/mol. The molecule has 26 heavy (non-hydrogen) atoms. The number of aromatic amines is 1. The van der Waals surface area contributed by atoms with Crippen molar-refractivity contribution in [2.24, 2.45) is 0 Å². The molecule has 0 unspecified atom stereocenters. The number of sulfonamides is 1. The van der Waals surface area contributed by atoms with Gasteiger partial charge in [0, 0.05) is 18.2 Å². The first-order valence-corrected chi connectivity index (χ1v) is 10.6. The first kappa shape index (κ1) is 20.4. The topological polar surface area (TPSA) is 117 Å². The van der Waals surface area contributed by atoms with E-state index in [1.807, 2.05) is 6.92 Å². The minimum Gasteiger partial charge on any atom is -0.325 e. The average molecular weight is 398 g/mol. The Morgan fingerprint density at radius 1 is 1.23 bits per heavy atom. The number of H-pyrrole nitrogens is 1. The predicted molar refractivity (Wildman–Crippen MR) is 102 cm³/mol. The monoisotopic (exact) mass is 397 g/mol. The zero-order chi connectivity index (χ0) is 19.3. The van der Waals surface area contributed by atoms with Crippen molar-refractivity contribution >= 4 is 33.4 Å². The number of anilines is 1. The fourth-order valence-electron chi connectivity index (χ4n) is 2.04. The number of nitrogens with one attached hydrogen (secondary N) is 3. The third-order valence-electron chi connectivity index (χ3n) is 3.32. The van der Waals surface area contributed by atoms with Gasteiger partial charge in [0.1, 0.15) is 5.82 Å². The van der Waals surface area contributed by atoms with Crippen molar-refractivity contribution in [2.75, 3.05) is 5.32 Å². The van der Waals surface area contributed by atoms with Crippen LogP contribution in [0.15, 0.2) is 34.3 Å². The Labute approximate surface area is 157 Å². The molecule has 0 spiro atoms. The van der Waals surface area contributed by atoms with Crippen LogP contribution in [0.1, 0.15) is 33.5 Å². The van der Waals surface area contributed by atoms with E-state index in [1.165, 1.54) is 23.9 Å². The van der Waals surface area contributed by atoms with Gasteiger partial charge in [-0.1, -0.05) is 18.7 Å². The number of hydrogen-bond donors (Lipinski definition) is 3. The van der Waals surface area contributed by atoms with Crippen LogP contribution in [0.2, 0.25) is 0 Å². The molecule has 0 aliphatic heterocycles. The molecule has 0 saturated heterocycles. The molecule has 1 heterocycles. The quantitative estimate of drug-likeness (QED) is 0.588. The third-order valence-corrected chi connectivity index (χ3v) is 5.96. The second kappa shape index (κ2) is 8.65. The molecule has 1 aromatic carbocycles. The summed E-state index contributed by atoms with van der Waals surface area (Å²) < 4.78 is 26.7. The molecular formula is C16H23N5O3S2. The lowest BCUT2D eigenvalue weighted by molar-refractivity contribution is -0.115. The lowest BCUT2D eigenvalue weighted by Crippen LogP contribution is -2.30. The van der Waals surface area contributed by atoms with Crippen LogP contribution in [0.4, 0.5) is 5.69 Å². The smallest absolute Gasteiger partial charge is 0.240 e. The summed E-state index contributed by atoms with van der Waals surface area (Å²) in [6.45, 7) is 7.23. The van der Waals surface area contributed by atoms with Crippen molar-refractivity contribution < 1.29 is 13.2 Å². The number of carbonyl (C=O) groups is 1. The van der Waals surface area contributed by atoms with Gasteiger partial charge in [0.05, 0.1) is 10.1 Å². The number of benzene rings is 1. The molecule has 8 nitrogen and oxygen atoms in total. The summed E-state index contributed by atoms with van der Waals surface area (Å²) in [6, 6.07) is 5.85. The van der Waals surface area contributed by atoms with Crippen molar-refractivity contribution in [2.45, 2.75) is 55.5 Å². The number of nitrogens with zero attached hydrogens (tertiary/aromatic N) is 2. The lowest BCUT2D eigenvalue weighted by Gasteiger charge is -2.12. The van der Waals surface area contributed by atoms with Crippen LogP contribution in [-0.2, 0) is 21.2 Å². The maximum absolute atomic E-state index is 12.3. The van der Waals surface area contributed by atoms with E-state index in [2.05, 4.69) is 25.2 Å². The fraction of sp³-hybridized carbons (Fsp3) is 0.438. The van der Waals surface area contributed by atoms with Crippen LogP contribution < -0.4 is 10.0 Å². The largest absolute Gasteiger partial charge is 0.325 e. The van der Waals surface area contributed by atoms with Crippen molar-refractivity contribution in [3.63, 3.8) is 0 Å². The molecule has 3 N–H and O–H groups in total. The molecule has 1 aromatic heterocycles. The summed E-state index contributed by atoms with van der Waals surface area (Å²) in [4.78, 5) is 16.7. The first-order valence-electron chi connectivity index (χ1n) is 8.22. The van der Waals surface area contributed by atoms with Gasteiger partial charge in [0.25, 0.3) is 0 Å². The summed E-state index contributed by atoms with van der Waals surface area (Å²) in [5.41, 5.74) is 0.523. The molecule has 0 aliphatic carbocycles. The van der Waals surface area contributed by atoms with E-state index in [-0.39, 0.29) is 16.8 Å². The highest BCUT2D eigenvalue weighted by Gasteiger charge is 2.18. The van der Waals surface area contributed by atoms with Gasteiger partial charge in [-0.05, 0) is 45.0 Å². The van der Waals surface area contributed by atoms with Crippen LogP contribution in [0.25, 0.3) is 0 Å². The fourth-order valence-corrected chi connectivity index (χ4v) is 4.03. The molecule has 142 valence electrons. The Bertz CT molecular complexity index is 847. The number of aryl methyl sites for hydroxylation is 1. The van der Waals surface area contributed by atoms with Crippen molar-refractivity contribution in [3.8, 4) is 0 Å². The third kappa shape index (κ3) is 5.55. The molecule has 0 fully saturated rings. The van der Waals surface area contributed by atoms with Gasteiger partial charge < -0.3 is 5.32 Å². The zero-order valence-corrected chi connectivity index (χ0v) is 16.7. The van der Waals surface area contributed by atoms with Gasteiger partial charge in [0.15, 0.2) is 0 Å². The van der Waals surface area contributed by atoms with Crippen molar-refractivity contribution in [3.05, 3.63) is 30.1 Å². The Kier molecular flexibility index (Phi) is 6.79. The summed E-state index contributed by atoms with van der Waals surface area (Å²) in [5, 5.41) is 9.74. The van der Waals surface area contributed by atoms with Gasteiger partial charge >= 0.3 is 0 Å². The van der Waals surface area contributed by atoms with Crippen LogP contribution in [0.3, 0.4) is 0 Å². The molecule has 0 radical (unpaired) electrons. The zero-order valence-electron chi connectivity index (χ0n) is 15.1. The number of rotatable bonds is 8.